The third-order valence-corrected chi connectivity index (χ3v) is 7.43. The third kappa shape index (κ3) is 5.08. The van der Waals surface area contributed by atoms with Gasteiger partial charge < -0.3 is 10.1 Å². The summed E-state index contributed by atoms with van der Waals surface area (Å²) in [6.07, 6.45) is 7.58. The number of amides is 1. The van der Waals surface area contributed by atoms with E-state index in [9.17, 15) is 9.18 Å². The smallest absolute Gasteiger partial charge is 0.251 e. The van der Waals surface area contributed by atoms with Gasteiger partial charge in [0, 0.05) is 28.8 Å². The van der Waals surface area contributed by atoms with Crippen LogP contribution in [0.4, 0.5) is 4.39 Å². The highest BCUT2D eigenvalue weighted by atomic mass is 19.1. The Bertz CT molecular complexity index is 1350. The molecule has 1 atom stereocenters. The van der Waals surface area contributed by atoms with Gasteiger partial charge in [-0.2, -0.15) is 0 Å². The van der Waals surface area contributed by atoms with Crippen molar-refractivity contribution < 1.29 is 13.9 Å². The zero-order valence-electron chi connectivity index (χ0n) is 20.6. The average molecular weight is 484 g/mol. The molecule has 36 heavy (non-hydrogen) atoms. The van der Waals surface area contributed by atoms with Crippen LogP contribution >= 0.6 is 0 Å². The zero-order valence-corrected chi connectivity index (χ0v) is 20.6. The van der Waals surface area contributed by atoms with E-state index in [0.717, 1.165) is 47.8 Å². The molecule has 0 aliphatic heterocycles. The minimum atomic E-state index is -0.227. The summed E-state index contributed by atoms with van der Waals surface area (Å²) in [5, 5.41) is 4.11. The first-order valence-electron chi connectivity index (χ1n) is 12.5. The summed E-state index contributed by atoms with van der Waals surface area (Å²) in [5.74, 6) is 1.22. The van der Waals surface area contributed by atoms with Gasteiger partial charge in [0.15, 0.2) is 0 Å². The number of fused-ring (bicyclic) bond motifs is 1. The van der Waals surface area contributed by atoms with Gasteiger partial charge in [-0.25, -0.2) is 4.39 Å². The molecule has 1 fully saturated rings. The maximum absolute atomic E-state index is 13.9. The van der Waals surface area contributed by atoms with Crippen molar-refractivity contribution in [1.82, 2.24) is 15.3 Å². The Labute approximate surface area is 210 Å². The molecule has 1 N–H and O–H groups in total. The van der Waals surface area contributed by atoms with E-state index in [1.807, 2.05) is 48.7 Å². The molecule has 4 aromatic rings. The first-order chi connectivity index (χ1) is 17.5. The van der Waals surface area contributed by atoms with Gasteiger partial charge in [-0.3, -0.25) is 14.8 Å². The third-order valence-electron chi connectivity index (χ3n) is 7.43. The predicted molar refractivity (Wildman–Crippen MR) is 140 cm³/mol. The number of nitrogens with one attached hydrogen (secondary N) is 1. The lowest BCUT2D eigenvalue weighted by Gasteiger charge is -2.33. The maximum Gasteiger partial charge on any atom is 0.251 e. The van der Waals surface area contributed by atoms with Crippen molar-refractivity contribution in [1.29, 1.82) is 0 Å². The number of ether oxygens (including phenoxy) is 1. The minimum Gasteiger partial charge on any atom is -0.495 e. The standard InChI is InChI=1S/C30H30FN3O2/c1-19(34-30(35)23-9-7-22(8-10-23)28-14-12-25(36-2)18-33-28)20-3-5-21(6-4-20)26-15-16-32-29-13-11-24(31)17-27(26)29/h7-21H,3-6H2,1-2H3,(H,34,35)/t19-,20?,21?/m1/s1. The van der Waals surface area contributed by atoms with Gasteiger partial charge in [-0.15, -0.1) is 0 Å². The number of carbonyl (C=O) groups is 1. The average Bonchev–Trinajstić information content (AvgIpc) is 2.93. The Morgan fingerprint density at radius 3 is 2.47 bits per heavy atom. The topological polar surface area (TPSA) is 64.1 Å². The van der Waals surface area contributed by atoms with Crippen LogP contribution in [-0.2, 0) is 0 Å². The quantitative estimate of drug-likeness (QED) is 0.338. The van der Waals surface area contributed by atoms with E-state index < -0.39 is 0 Å². The van der Waals surface area contributed by atoms with Crippen LogP contribution in [-0.4, -0.2) is 29.0 Å². The van der Waals surface area contributed by atoms with Gasteiger partial charge in [0.1, 0.15) is 11.6 Å². The summed E-state index contributed by atoms with van der Waals surface area (Å²) in [5.41, 5.74) is 4.44. The highest BCUT2D eigenvalue weighted by Gasteiger charge is 2.28. The number of hydrogen-bond donors (Lipinski definition) is 1. The number of nitrogens with zero attached hydrogens (tertiary/aromatic N) is 2. The lowest BCUT2D eigenvalue weighted by molar-refractivity contribution is 0.0918. The lowest BCUT2D eigenvalue weighted by atomic mass is 9.75. The van der Waals surface area contributed by atoms with E-state index in [4.69, 9.17) is 4.74 Å². The molecule has 0 saturated heterocycles. The van der Waals surface area contributed by atoms with E-state index in [-0.39, 0.29) is 17.8 Å². The van der Waals surface area contributed by atoms with Crippen molar-refractivity contribution >= 4 is 16.8 Å². The Kier molecular flexibility index (Phi) is 6.94. The minimum absolute atomic E-state index is 0.0607. The molecule has 2 aromatic carbocycles. The number of carbonyl (C=O) groups excluding carboxylic acids is 1. The normalized spacial score (nSPS) is 18.5. The number of methoxy groups -OCH3 is 1. The largest absolute Gasteiger partial charge is 0.495 e. The Balaban J connectivity index is 1.18. The summed E-state index contributed by atoms with van der Waals surface area (Å²) in [6, 6.07) is 18.2. The molecule has 6 heteroatoms. The van der Waals surface area contributed by atoms with E-state index in [2.05, 4.69) is 22.2 Å². The number of rotatable bonds is 6. The molecule has 2 aromatic heterocycles. The summed E-state index contributed by atoms with van der Waals surface area (Å²) in [4.78, 5) is 21.7. The number of benzene rings is 2. The number of pyridine rings is 2. The van der Waals surface area contributed by atoms with Crippen LogP contribution in [0.15, 0.2) is 73.1 Å². The van der Waals surface area contributed by atoms with Gasteiger partial charge in [0.25, 0.3) is 5.91 Å². The maximum atomic E-state index is 13.9. The van der Waals surface area contributed by atoms with E-state index in [1.54, 1.807) is 25.4 Å². The highest BCUT2D eigenvalue weighted by molar-refractivity contribution is 5.94. The molecule has 0 radical (unpaired) electrons. The summed E-state index contributed by atoms with van der Waals surface area (Å²) in [6.45, 7) is 2.09. The molecule has 0 unspecified atom stereocenters. The number of halogens is 1. The Morgan fingerprint density at radius 2 is 1.78 bits per heavy atom. The Hall–Kier alpha value is -3.80. The van der Waals surface area contributed by atoms with Crippen LogP contribution in [0.5, 0.6) is 5.75 Å². The first-order valence-corrected chi connectivity index (χ1v) is 12.5. The van der Waals surface area contributed by atoms with E-state index in [1.165, 1.54) is 11.6 Å². The fourth-order valence-corrected chi connectivity index (χ4v) is 5.30. The molecular weight excluding hydrogens is 453 g/mol. The van der Waals surface area contributed by atoms with Crippen molar-refractivity contribution in [3.8, 4) is 17.0 Å². The first kappa shape index (κ1) is 23.9. The molecular formula is C30H30FN3O2. The SMILES string of the molecule is COc1ccc(-c2ccc(C(=O)N[C@H](C)C3CCC(c4ccnc5ccc(F)cc45)CC3)cc2)nc1. The molecule has 2 heterocycles. The van der Waals surface area contributed by atoms with Gasteiger partial charge in [-0.1, -0.05) is 12.1 Å². The van der Waals surface area contributed by atoms with Gasteiger partial charge in [0.05, 0.1) is 24.5 Å². The van der Waals surface area contributed by atoms with Gasteiger partial charge >= 0.3 is 0 Å². The fraction of sp³-hybridized carbons (Fsp3) is 0.300. The van der Waals surface area contributed by atoms with Gasteiger partial charge in [-0.05, 0) is 98.5 Å². The summed E-state index contributed by atoms with van der Waals surface area (Å²) < 4.78 is 19.0. The molecule has 1 saturated carbocycles. The molecule has 1 aliphatic carbocycles. The van der Waals surface area contributed by atoms with Crippen LogP contribution in [0.25, 0.3) is 22.2 Å². The van der Waals surface area contributed by atoms with Gasteiger partial charge in [0.2, 0.25) is 0 Å². The fourth-order valence-electron chi connectivity index (χ4n) is 5.30. The molecule has 1 amide bonds. The van der Waals surface area contributed by atoms with Crippen molar-refractivity contribution in [2.75, 3.05) is 7.11 Å². The molecule has 5 nitrogen and oxygen atoms in total. The lowest BCUT2D eigenvalue weighted by Crippen LogP contribution is -2.39. The van der Waals surface area contributed by atoms with Crippen molar-refractivity contribution in [3.05, 3.63) is 90.0 Å². The van der Waals surface area contributed by atoms with Crippen LogP contribution in [0.2, 0.25) is 0 Å². The van der Waals surface area contributed by atoms with Crippen molar-refractivity contribution in [2.45, 2.75) is 44.6 Å². The summed E-state index contributed by atoms with van der Waals surface area (Å²) in [7, 11) is 1.61. The predicted octanol–water partition coefficient (Wildman–Crippen LogP) is 6.54. The van der Waals surface area contributed by atoms with Crippen molar-refractivity contribution in [3.63, 3.8) is 0 Å². The van der Waals surface area contributed by atoms with E-state index >= 15 is 0 Å². The van der Waals surface area contributed by atoms with Crippen LogP contribution in [0, 0.1) is 11.7 Å². The Morgan fingerprint density at radius 1 is 1.00 bits per heavy atom. The second-order valence-corrected chi connectivity index (χ2v) is 9.60. The van der Waals surface area contributed by atoms with Crippen LogP contribution in [0.1, 0.15) is 54.4 Å². The molecule has 184 valence electrons. The van der Waals surface area contributed by atoms with E-state index in [0.29, 0.717) is 23.1 Å². The number of aromatic nitrogens is 2. The second-order valence-electron chi connectivity index (χ2n) is 9.60. The number of hydrogen-bond acceptors (Lipinski definition) is 4. The monoisotopic (exact) mass is 483 g/mol. The van der Waals surface area contributed by atoms with Crippen LogP contribution in [0.3, 0.4) is 0 Å². The summed E-state index contributed by atoms with van der Waals surface area (Å²) >= 11 is 0. The second kappa shape index (κ2) is 10.4. The molecule has 1 aliphatic rings. The highest BCUT2D eigenvalue weighted by Crippen LogP contribution is 2.39. The molecule has 5 rings (SSSR count). The molecule has 0 bridgehead atoms. The van der Waals surface area contributed by atoms with Crippen LogP contribution < -0.4 is 10.1 Å². The van der Waals surface area contributed by atoms with Crippen molar-refractivity contribution in [2.24, 2.45) is 5.92 Å². The molecule has 0 spiro atoms. The zero-order chi connectivity index (χ0) is 25.1.